The van der Waals surface area contributed by atoms with Crippen molar-refractivity contribution >= 4 is 111 Å². The second kappa shape index (κ2) is 34.2. The van der Waals surface area contributed by atoms with Crippen molar-refractivity contribution in [1.29, 1.82) is 0 Å². The summed E-state index contributed by atoms with van der Waals surface area (Å²) in [6.07, 6.45) is 0. The minimum Gasteiger partial charge on any atom is 5.00 e. The van der Waals surface area contributed by atoms with Crippen molar-refractivity contribution in [2.75, 3.05) is 0 Å². The van der Waals surface area contributed by atoms with Crippen LogP contribution in [0, 0.1) is 0 Å². The van der Waals surface area contributed by atoms with Crippen LogP contribution in [0.3, 0.4) is 0 Å². The van der Waals surface area contributed by atoms with Gasteiger partial charge in [-0.05, 0) is 0 Å². The molecule has 0 aliphatic carbocycles. The summed E-state index contributed by atoms with van der Waals surface area (Å²) in [7, 11) is 0. The molecule has 21 heavy (non-hydrogen) atoms. The Morgan fingerprint density at radius 2 is 0.333 bits per heavy atom. The van der Waals surface area contributed by atoms with Gasteiger partial charge in [0.15, 0.2) is 0 Å². The maximum absolute atomic E-state index is 8.62. The SMILES string of the molecule is [O]=[Bi](=[O])[O-].[O]=[Bi](=[O])[O-].[O]=[Bi](=[O])[O-].[O]=[Bi](=[O])[O-].[O]=[Bi](=[O])[O-].[V+5]. The fourth-order valence-corrected chi connectivity index (χ4v) is 0. The minimum absolute atomic E-state index is 0. The molecule has 0 atom stereocenters. The van der Waals surface area contributed by atoms with E-state index in [-0.39, 0.29) is 18.6 Å². The van der Waals surface area contributed by atoms with Crippen LogP contribution in [0.15, 0.2) is 0 Å². The minimum atomic E-state index is -4.34. The second-order valence-corrected chi connectivity index (χ2v) is 9.81. The van der Waals surface area contributed by atoms with Crippen LogP contribution in [-0.2, 0) is 46.7 Å². The Morgan fingerprint density at radius 3 is 0.333 bits per heavy atom. The number of rotatable bonds is 0. The van der Waals surface area contributed by atoms with Gasteiger partial charge in [0.05, 0.1) is 0 Å². The molecule has 0 unspecified atom stereocenters. The first-order valence-electron chi connectivity index (χ1n) is 2.74. The van der Waals surface area contributed by atoms with Crippen LogP contribution in [0.2, 0.25) is 0 Å². The Kier molecular flexibility index (Phi) is 63.6. The molecule has 0 aromatic heterocycles. The molecule has 0 rings (SSSR count). The average molecular weight is 1340 g/mol. The third-order valence-electron chi connectivity index (χ3n) is 0. The predicted octanol–water partition coefficient (Wildman–Crippen LogP) is -9.04. The van der Waals surface area contributed by atoms with E-state index in [0.29, 0.717) is 0 Å². The van der Waals surface area contributed by atoms with E-state index < -0.39 is 111 Å². The molecule has 0 saturated carbocycles. The first kappa shape index (κ1) is 39.0. The molecule has 0 aliphatic heterocycles. The molecule has 0 saturated heterocycles. The van der Waals surface area contributed by atoms with Gasteiger partial charge in [-0.3, -0.25) is 0 Å². The van der Waals surface area contributed by atoms with Gasteiger partial charge < -0.3 is 0 Å². The third kappa shape index (κ3) is 1260. The van der Waals surface area contributed by atoms with Gasteiger partial charge in [0.2, 0.25) is 0 Å². The van der Waals surface area contributed by atoms with Gasteiger partial charge >= 0.3 is 174 Å². The molecule has 0 aromatic carbocycles. The maximum atomic E-state index is 8.62. The van der Waals surface area contributed by atoms with Crippen LogP contribution in [0.4, 0.5) is 0 Å². The van der Waals surface area contributed by atoms with Crippen molar-refractivity contribution in [2.24, 2.45) is 0 Å². The van der Waals surface area contributed by atoms with Crippen LogP contribution in [-0.4, -0.2) is 111 Å². The molecular weight excluding hydrogens is 1340 g/mol. The summed E-state index contributed by atoms with van der Waals surface area (Å²) in [5, 5.41) is 0. The van der Waals surface area contributed by atoms with Gasteiger partial charge in [0.25, 0.3) is 0 Å². The van der Waals surface area contributed by atoms with E-state index in [2.05, 4.69) is 0 Å². The van der Waals surface area contributed by atoms with Crippen molar-refractivity contribution < 1.29 is 62.6 Å². The zero-order valence-electron chi connectivity index (χ0n) is 8.81. The zero-order chi connectivity index (χ0) is 17.9. The van der Waals surface area contributed by atoms with Crippen LogP contribution >= 0.6 is 0 Å². The van der Waals surface area contributed by atoms with Gasteiger partial charge in [-0.15, -0.1) is 0 Å². The summed E-state index contributed by atoms with van der Waals surface area (Å²) in [5.41, 5.74) is 0. The Bertz CT molecular complexity index is 380. The van der Waals surface area contributed by atoms with Crippen molar-refractivity contribution in [3.8, 4) is 0 Å². The van der Waals surface area contributed by atoms with Crippen molar-refractivity contribution in [3.05, 3.63) is 0 Å². The Hall–Kier alpha value is 2.80. The topological polar surface area (TPSA) is 286 Å². The van der Waals surface area contributed by atoms with Crippen LogP contribution in [0.25, 0.3) is 0 Å². The Labute approximate surface area is 170 Å². The molecule has 0 heterocycles. The average Bonchev–Trinajstić information content (AvgIpc) is 1.94. The van der Waals surface area contributed by atoms with Gasteiger partial charge in [0, 0.05) is 0 Å². The summed E-state index contributed by atoms with van der Waals surface area (Å²) in [6.45, 7) is 0. The number of hydrogen-bond donors (Lipinski definition) is 0. The van der Waals surface area contributed by atoms with Crippen LogP contribution in [0.5, 0.6) is 0 Å². The van der Waals surface area contributed by atoms with E-state index in [9.17, 15) is 0 Å². The van der Waals surface area contributed by atoms with Crippen LogP contribution in [0.1, 0.15) is 0 Å². The van der Waals surface area contributed by atoms with Crippen molar-refractivity contribution in [1.82, 2.24) is 0 Å². The molecule has 0 amide bonds. The van der Waals surface area contributed by atoms with Gasteiger partial charge in [-0.2, -0.15) is 0 Å². The molecule has 0 fully saturated rings. The van der Waals surface area contributed by atoms with Crippen molar-refractivity contribution in [2.45, 2.75) is 0 Å². The standard InChI is InChI=1S/5Bi.15O.V/q;;;;;;;;;;;;;;;5*-1;+5. The molecule has 0 N–H and O–H groups in total. The van der Waals surface area contributed by atoms with Gasteiger partial charge in [-0.25, -0.2) is 0 Å². The molecule has 0 bridgehead atoms. The molecule has 0 aliphatic rings. The molecule has 0 spiro atoms. The zero-order valence-corrected chi connectivity index (χ0v) is 27.6. The first-order valence-corrected chi connectivity index (χ1v) is 24.0. The molecule has 0 radical (unpaired) electrons. The molecule has 15 nitrogen and oxygen atoms in total. The van der Waals surface area contributed by atoms with E-state index in [0.717, 1.165) is 0 Å². The fourth-order valence-electron chi connectivity index (χ4n) is 0. The summed E-state index contributed by atoms with van der Waals surface area (Å²) in [5.74, 6) is 0. The largest absolute Gasteiger partial charge is 5.00 e. The summed E-state index contributed by atoms with van der Waals surface area (Å²) in [4.78, 5) is 0. The number of hydrogen-bond acceptors (Lipinski definition) is 15. The van der Waals surface area contributed by atoms with Crippen molar-refractivity contribution in [3.63, 3.8) is 0 Å². The fraction of sp³-hybridized carbons (Fsp3) is 0. The molecule has 21 heteroatoms. The predicted molar refractivity (Wildman–Crippen MR) is 35.6 cm³/mol. The Balaban J connectivity index is -0.0000000331. The first-order chi connectivity index (χ1) is 8.66. The van der Waals surface area contributed by atoms with E-state index in [4.69, 9.17) is 44.0 Å². The van der Waals surface area contributed by atoms with E-state index >= 15 is 0 Å². The van der Waals surface area contributed by atoms with Gasteiger partial charge in [0.1, 0.15) is 0 Å². The normalized spacial score (nSPS) is 5.95. The van der Waals surface area contributed by atoms with Crippen LogP contribution < -0.4 is 15.9 Å². The summed E-state index contributed by atoms with van der Waals surface area (Å²) >= 11 is -21.7. The molecule has 120 valence electrons. The molecular formula is Bi5O15V. The maximum Gasteiger partial charge on any atom is 5.00 e. The van der Waals surface area contributed by atoms with Gasteiger partial charge in [-0.1, -0.05) is 0 Å². The molecule has 0 aromatic rings. The van der Waals surface area contributed by atoms with E-state index in [1.165, 1.54) is 0 Å². The summed E-state index contributed by atoms with van der Waals surface area (Å²) in [6, 6.07) is 0. The summed E-state index contributed by atoms with van der Waals surface area (Å²) < 4.78 is 129. The van der Waals surface area contributed by atoms with E-state index in [1.54, 1.807) is 0 Å². The Morgan fingerprint density at radius 1 is 0.333 bits per heavy atom. The monoisotopic (exact) mass is 1340 g/mol. The second-order valence-electron chi connectivity index (χ2n) is 1.12. The van der Waals surface area contributed by atoms with E-state index in [1.807, 2.05) is 0 Å². The quantitative estimate of drug-likeness (QED) is 0.204. The smallest absolute Gasteiger partial charge is 5.00 e. The third-order valence-corrected chi connectivity index (χ3v) is 0.